The van der Waals surface area contributed by atoms with E-state index in [1.165, 1.54) is 32.0 Å². The minimum absolute atomic E-state index is 0.266. The largest absolute Gasteiger partial charge is 0.495 e. The number of nitrogens with one attached hydrogen (secondary N) is 1. The Morgan fingerprint density at radius 1 is 1.14 bits per heavy atom. The van der Waals surface area contributed by atoms with Crippen LogP contribution in [0.1, 0.15) is 10.4 Å². The van der Waals surface area contributed by atoms with Crippen molar-refractivity contribution in [2.75, 3.05) is 12.4 Å². The molecule has 4 aromatic rings. The topological polar surface area (TPSA) is 104 Å². The second kappa shape index (κ2) is 7.49. The number of methoxy groups -OCH3 is 1. The van der Waals surface area contributed by atoms with Crippen LogP contribution in [0.3, 0.4) is 0 Å². The molecule has 0 radical (unpaired) electrons. The van der Waals surface area contributed by atoms with E-state index in [2.05, 4.69) is 25.5 Å². The molecule has 4 aromatic heterocycles. The minimum Gasteiger partial charge on any atom is -0.495 e. The van der Waals surface area contributed by atoms with Crippen LogP contribution in [0, 0.1) is 0 Å². The first-order valence-corrected chi connectivity index (χ1v) is 8.43. The van der Waals surface area contributed by atoms with E-state index >= 15 is 0 Å². The van der Waals surface area contributed by atoms with E-state index in [-0.39, 0.29) is 5.56 Å². The quantitative estimate of drug-likeness (QED) is 0.552. The summed E-state index contributed by atoms with van der Waals surface area (Å²) < 4.78 is 12.4. The van der Waals surface area contributed by atoms with Gasteiger partial charge in [0.15, 0.2) is 5.65 Å². The van der Waals surface area contributed by atoms with E-state index in [1.54, 1.807) is 34.9 Å². The maximum atomic E-state index is 12.8. The first kappa shape index (κ1) is 17.7. The van der Waals surface area contributed by atoms with Crippen molar-refractivity contribution in [1.82, 2.24) is 24.6 Å². The van der Waals surface area contributed by atoms with Crippen molar-refractivity contribution in [3.63, 3.8) is 0 Å². The van der Waals surface area contributed by atoms with Crippen LogP contribution in [0.15, 0.2) is 55.4 Å². The highest BCUT2D eigenvalue weighted by Crippen LogP contribution is 2.25. The molecule has 140 valence electrons. The molecule has 4 heterocycles. The van der Waals surface area contributed by atoms with Crippen molar-refractivity contribution in [2.24, 2.45) is 0 Å². The molecule has 1 amide bonds. The Morgan fingerprint density at radius 2 is 2.04 bits per heavy atom. The second-order valence-corrected chi connectivity index (χ2v) is 6.07. The fourth-order valence-corrected chi connectivity index (χ4v) is 2.64. The van der Waals surface area contributed by atoms with Gasteiger partial charge in [0.2, 0.25) is 0 Å². The van der Waals surface area contributed by atoms with Crippen LogP contribution in [-0.2, 0) is 0 Å². The Balaban J connectivity index is 1.65. The van der Waals surface area contributed by atoms with Gasteiger partial charge in [-0.3, -0.25) is 14.2 Å². The molecule has 0 atom stereocenters. The Kier molecular flexibility index (Phi) is 4.73. The summed E-state index contributed by atoms with van der Waals surface area (Å²) in [5, 5.41) is 11.0. The van der Waals surface area contributed by atoms with Crippen LogP contribution >= 0.6 is 11.6 Å². The predicted molar refractivity (Wildman–Crippen MR) is 101 cm³/mol. The summed E-state index contributed by atoms with van der Waals surface area (Å²) in [5.41, 5.74) is 0.644. The number of ether oxygens (including phenoxy) is 2. The normalized spacial score (nSPS) is 10.6. The number of fused-ring (bicyclic) bond motifs is 1. The standard InChI is InChI=1S/C18H13ClN6O3/c1-27-12-2-3-16(21-8-12)23-18(26)15-5-14(9-25-10-22-24-17(15)25)28-13-4-11(19)6-20-7-13/h2-10H,1H3,(H,21,23,26). The van der Waals surface area contributed by atoms with Crippen molar-refractivity contribution in [3.8, 4) is 17.2 Å². The van der Waals surface area contributed by atoms with Crippen molar-refractivity contribution in [3.05, 3.63) is 66.0 Å². The number of nitrogens with zero attached hydrogens (tertiary/aromatic N) is 5. The third kappa shape index (κ3) is 3.69. The zero-order valence-electron chi connectivity index (χ0n) is 14.5. The molecule has 9 nitrogen and oxygen atoms in total. The van der Waals surface area contributed by atoms with E-state index in [0.29, 0.717) is 33.7 Å². The molecule has 1 N–H and O–H groups in total. The van der Waals surface area contributed by atoms with Gasteiger partial charge in [-0.05, 0) is 18.2 Å². The zero-order chi connectivity index (χ0) is 19.5. The van der Waals surface area contributed by atoms with E-state index in [1.807, 2.05) is 0 Å². The summed E-state index contributed by atoms with van der Waals surface area (Å²) in [5.74, 6) is 1.37. The number of rotatable bonds is 5. The number of aromatic nitrogens is 5. The number of hydrogen-bond acceptors (Lipinski definition) is 7. The third-order valence-corrected chi connectivity index (χ3v) is 3.95. The summed E-state index contributed by atoms with van der Waals surface area (Å²) in [6, 6.07) is 6.51. The molecule has 0 fully saturated rings. The molecule has 0 spiro atoms. The lowest BCUT2D eigenvalue weighted by Crippen LogP contribution is -2.14. The lowest BCUT2D eigenvalue weighted by atomic mass is 10.2. The van der Waals surface area contributed by atoms with Gasteiger partial charge in [0, 0.05) is 12.3 Å². The van der Waals surface area contributed by atoms with Crippen LogP contribution in [0.4, 0.5) is 5.82 Å². The lowest BCUT2D eigenvalue weighted by Gasteiger charge is -2.10. The van der Waals surface area contributed by atoms with Crippen molar-refractivity contribution < 1.29 is 14.3 Å². The maximum absolute atomic E-state index is 12.8. The Hall–Kier alpha value is -3.72. The highest BCUT2D eigenvalue weighted by molar-refractivity contribution is 6.30. The summed E-state index contributed by atoms with van der Waals surface area (Å²) in [6.45, 7) is 0. The maximum Gasteiger partial charge on any atom is 0.260 e. The monoisotopic (exact) mass is 396 g/mol. The molecular formula is C18H13ClN6O3. The molecule has 0 aliphatic rings. The van der Waals surface area contributed by atoms with E-state index in [9.17, 15) is 4.79 Å². The molecule has 0 aliphatic carbocycles. The van der Waals surface area contributed by atoms with Crippen molar-refractivity contribution in [1.29, 1.82) is 0 Å². The predicted octanol–water partition coefficient (Wildman–Crippen LogP) is 3.23. The van der Waals surface area contributed by atoms with Gasteiger partial charge in [0.1, 0.15) is 29.4 Å². The number of pyridine rings is 3. The molecule has 0 saturated carbocycles. The van der Waals surface area contributed by atoms with Gasteiger partial charge in [-0.2, -0.15) is 0 Å². The highest BCUT2D eigenvalue weighted by Gasteiger charge is 2.16. The zero-order valence-corrected chi connectivity index (χ0v) is 15.3. The van der Waals surface area contributed by atoms with Crippen LogP contribution in [0.25, 0.3) is 5.65 Å². The Bertz CT molecular complexity index is 1150. The molecule has 4 rings (SSSR count). The van der Waals surface area contributed by atoms with Crippen LogP contribution in [0.5, 0.6) is 17.2 Å². The average Bonchev–Trinajstić information content (AvgIpc) is 3.16. The minimum atomic E-state index is -0.412. The molecule has 28 heavy (non-hydrogen) atoms. The van der Waals surface area contributed by atoms with Gasteiger partial charge < -0.3 is 14.8 Å². The number of amides is 1. The SMILES string of the molecule is COc1ccc(NC(=O)c2cc(Oc3cncc(Cl)c3)cn3cnnc23)nc1. The lowest BCUT2D eigenvalue weighted by molar-refractivity contribution is 0.102. The van der Waals surface area contributed by atoms with Gasteiger partial charge in [-0.15, -0.1) is 10.2 Å². The van der Waals surface area contributed by atoms with Crippen molar-refractivity contribution >= 4 is 29.0 Å². The first-order chi connectivity index (χ1) is 13.6. The van der Waals surface area contributed by atoms with Gasteiger partial charge >= 0.3 is 0 Å². The Labute approximate surface area is 163 Å². The fourth-order valence-electron chi connectivity index (χ4n) is 2.48. The molecular weight excluding hydrogens is 384 g/mol. The van der Waals surface area contributed by atoms with Gasteiger partial charge in [0.25, 0.3) is 5.91 Å². The average molecular weight is 397 g/mol. The van der Waals surface area contributed by atoms with Gasteiger partial charge in [-0.1, -0.05) is 11.6 Å². The van der Waals surface area contributed by atoms with Gasteiger partial charge in [0.05, 0.1) is 36.3 Å². The van der Waals surface area contributed by atoms with Crippen LogP contribution in [-0.4, -0.2) is 37.6 Å². The summed E-state index contributed by atoms with van der Waals surface area (Å²) >= 11 is 5.93. The number of halogens is 1. The Morgan fingerprint density at radius 3 is 2.79 bits per heavy atom. The molecule has 0 unspecified atom stereocenters. The summed E-state index contributed by atoms with van der Waals surface area (Å²) in [4.78, 5) is 20.9. The van der Waals surface area contributed by atoms with Crippen LogP contribution < -0.4 is 14.8 Å². The van der Waals surface area contributed by atoms with E-state index < -0.39 is 5.91 Å². The smallest absolute Gasteiger partial charge is 0.260 e. The molecule has 0 aliphatic heterocycles. The number of hydrogen-bond donors (Lipinski definition) is 1. The van der Waals surface area contributed by atoms with Crippen molar-refractivity contribution in [2.45, 2.75) is 0 Å². The van der Waals surface area contributed by atoms with E-state index in [4.69, 9.17) is 21.1 Å². The van der Waals surface area contributed by atoms with Gasteiger partial charge in [-0.25, -0.2) is 4.98 Å². The summed E-state index contributed by atoms with van der Waals surface area (Å²) in [7, 11) is 1.54. The number of carbonyl (C=O) groups is 1. The molecule has 0 aromatic carbocycles. The molecule has 10 heteroatoms. The number of anilines is 1. The summed E-state index contributed by atoms with van der Waals surface area (Å²) in [6.07, 6.45) is 7.65. The third-order valence-electron chi connectivity index (χ3n) is 3.74. The fraction of sp³-hybridized carbons (Fsp3) is 0.0556. The highest BCUT2D eigenvalue weighted by atomic mass is 35.5. The number of carbonyl (C=O) groups excluding carboxylic acids is 1. The second-order valence-electron chi connectivity index (χ2n) is 5.63. The van der Waals surface area contributed by atoms with Crippen LogP contribution in [0.2, 0.25) is 5.02 Å². The van der Waals surface area contributed by atoms with E-state index in [0.717, 1.165) is 0 Å². The first-order valence-electron chi connectivity index (χ1n) is 8.05. The molecule has 0 saturated heterocycles. The molecule has 0 bridgehead atoms.